The Bertz CT molecular complexity index is 5720. The number of anilines is 5. The van der Waals surface area contributed by atoms with Gasteiger partial charge in [0.2, 0.25) is 12.1 Å². The van der Waals surface area contributed by atoms with Gasteiger partial charge in [-0.1, -0.05) is 146 Å². The van der Waals surface area contributed by atoms with Crippen LogP contribution in [0, 0.1) is 25.5 Å². The molecule has 0 aliphatic carbocycles. The van der Waals surface area contributed by atoms with Gasteiger partial charge in [0.15, 0.2) is 7.05 Å². The summed E-state index contributed by atoms with van der Waals surface area (Å²) in [5.41, 5.74) is 21.9. The topological polar surface area (TPSA) is 158 Å². The summed E-state index contributed by atoms with van der Waals surface area (Å²) in [6, 6.07) is 50.2. The third-order valence-electron chi connectivity index (χ3n) is 19.0. The SMILES string of the molecule is C=C1C=C(C)C(c2cnn(C)c2)=CN1c1ccc(OCC)cc1C.C=C1C=CC(c2c[nH][n+](C)c2)=CN1c1ccc(OCC)cc1C.C=C1C=CC(c2ccc(F)cc2)=CN1c1ccc(OC(F)(F)F)cc1.C=C1C=CC(c2cn[nH]c2)=CN1c1ccccc1.CC(=O)Nc1cccc(-n2cc(-c3ccc(F)cc3)ccc2=O)c1.CCCC.CCCC. The number of hydrogen-bond acceptors (Lipinski definition) is 11. The smallest absolute Gasteiger partial charge is 0.494 e. The zero-order valence-corrected chi connectivity index (χ0v) is 71.2. The van der Waals surface area contributed by atoms with Crippen LogP contribution in [0.5, 0.6) is 17.2 Å². The van der Waals surface area contributed by atoms with E-state index in [0.29, 0.717) is 36.0 Å². The monoisotopic (exact) mass is 1650 g/mol. The van der Waals surface area contributed by atoms with Crippen LogP contribution in [0.1, 0.15) is 114 Å². The van der Waals surface area contributed by atoms with Crippen LogP contribution in [0.25, 0.3) is 39.1 Å². The molecule has 4 aliphatic rings. The van der Waals surface area contributed by atoms with Crippen LogP contribution < -0.4 is 49.4 Å². The predicted molar refractivity (Wildman–Crippen MR) is 487 cm³/mol. The molecule has 8 heterocycles. The van der Waals surface area contributed by atoms with E-state index in [0.717, 1.165) is 112 Å². The second-order valence-electron chi connectivity index (χ2n) is 28.4. The Hall–Kier alpha value is -14.3. The molecule has 4 aromatic heterocycles. The fraction of sp³-hybridized carbons (Fsp3) is 0.190. The van der Waals surface area contributed by atoms with Crippen LogP contribution >= 0.6 is 0 Å². The number of amides is 1. The Morgan fingerprint density at radius 1 is 0.508 bits per heavy atom. The van der Waals surface area contributed by atoms with Crippen molar-refractivity contribution in [2.75, 3.05) is 38.1 Å². The highest BCUT2D eigenvalue weighted by Gasteiger charge is 2.31. The molecule has 11 aromatic rings. The zero-order valence-electron chi connectivity index (χ0n) is 71.2. The lowest BCUT2D eigenvalue weighted by molar-refractivity contribution is -0.726. The number of aromatic nitrogens is 7. The van der Waals surface area contributed by atoms with E-state index in [1.807, 2.05) is 123 Å². The normalized spacial score (nSPS) is 13.2. The number of carbonyl (C=O) groups excluding carboxylic acids is 1. The average molecular weight is 1650 g/mol. The third-order valence-corrected chi connectivity index (χ3v) is 19.0. The highest BCUT2D eigenvalue weighted by atomic mass is 19.4. The van der Waals surface area contributed by atoms with E-state index >= 15 is 0 Å². The first-order valence-electron chi connectivity index (χ1n) is 40.2. The van der Waals surface area contributed by atoms with Crippen LogP contribution in [0.3, 0.4) is 0 Å². The molecule has 630 valence electrons. The van der Waals surface area contributed by atoms with Crippen molar-refractivity contribution in [3.05, 3.63) is 397 Å². The largest absolute Gasteiger partial charge is 0.573 e. The summed E-state index contributed by atoms with van der Waals surface area (Å²) in [6.45, 7) is 38.1. The van der Waals surface area contributed by atoms with Crippen molar-refractivity contribution >= 4 is 56.6 Å². The molecule has 4 aliphatic heterocycles. The number of carbonyl (C=O) groups is 1. The number of allylic oxidation sites excluding steroid dienone is 12. The van der Waals surface area contributed by atoms with E-state index in [1.54, 1.807) is 78.0 Å². The molecule has 1 amide bonds. The Balaban J connectivity index is 0.000000170. The molecule has 3 N–H and O–H groups in total. The van der Waals surface area contributed by atoms with Crippen LogP contribution in [-0.4, -0.2) is 55.1 Å². The van der Waals surface area contributed by atoms with E-state index in [2.05, 4.69) is 193 Å². The first-order chi connectivity index (χ1) is 58.6. The zero-order chi connectivity index (χ0) is 88.0. The minimum absolute atomic E-state index is 0.181. The molecule has 0 unspecified atom stereocenters. The summed E-state index contributed by atoms with van der Waals surface area (Å²) in [6.07, 6.45) is 35.9. The fourth-order valence-corrected chi connectivity index (χ4v) is 12.4. The number of alkyl halides is 3. The maximum Gasteiger partial charge on any atom is 0.573 e. The lowest BCUT2D eigenvalue weighted by Crippen LogP contribution is -2.28. The highest BCUT2D eigenvalue weighted by Crippen LogP contribution is 2.38. The molecule has 122 heavy (non-hydrogen) atoms. The summed E-state index contributed by atoms with van der Waals surface area (Å²) < 4.78 is 83.1. The lowest BCUT2D eigenvalue weighted by atomic mass is 9.98. The van der Waals surface area contributed by atoms with Crippen LogP contribution in [-0.2, 0) is 18.9 Å². The van der Waals surface area contributed by atoms with E-state index < -0.39 is 6.36 Å². The van der Waals surface area contributed by atoms with Gasteiger partial charge in [-0.05, 0) is 219 Å². The standard InChI is InChI=1S/C20H23N3O.C19H13F4NO.C19H15FN2O2.C19H21N3O.C15H13N3.2C4H10/c1-6-24-18-7-8-20(15(3)10-18)23-13-19(14(2)9-16(23)4)17-11-21-22(5)12-17;1-13-2-3-15(14-4-6-16(20)7-5-14)12-24(13)17-8-10-18(11-9-17)25-19(21,22)23;1-13(23)21-17-3-2-4-18(11-17)22-12-15(7-10-19(22)24)14-5-8-16(20)9-6-14;1-5-23-18-8-9-19(14(2)10-18)22-13-16(7-6-15(22)3)17-11-20-21(4)12-17;1-12-7-8-13(14-9-16-17-10-14)11-18(12)15-5-3-2-4-6-15;2*1-3-4-2/h7-13H,4,6H2,1-3,5H3;2-12H,1H2;2-12H,1H3,(H,21,23);6-13H,3,5H2,1-2,4H3;2-11H,1H2,(H,16,17);2*3-4H2,1-2H3/p+1. The van der Waals surface area contributed by atoms with Crippen molar-refractivity contribution in [2.45, 2.75) is 101 Å². The third kappa shape index (κ3) is 26.4. The molecule has 0 fully saturated rings. The Kier molecular flexibility index (Phi) is 33.4. The second-order valence-corrected chi connectivity index (χ2v) is 28.4. The Labute approximate surface area is 712 Å². The number of halogens is 5. The van der Waals surface area contributed by atoms with Gasteiger partial charge < -0.3 is 39.1 Å². The Morgan fingerprint density at radius 2 is 1.01 bits per heavy atom. The summed E-state index contributed by atoms with van der Waals surface area (Å²) in [5, 5.41) is 16.9. The van der Waals surface area contributed by atoms with E-state index in [1.165, 1.54) is 97.3 Å². The number of H-pyrrole nitrogens is 2. The first kappa shape index (κ1) is 91.6. The quantitative estimate of drug-likeness (QED) is 0.0555. The molecule has 22 heteroatoms. The number of nitrogens with zero attached hydrogens (tertiary/aromatic N) is 9. The van der Waals surface area contributed by atoms with E-state index in [-0.39, 0.29) is 28.9 Å². The highest BCUT2D eigenvalue weighted by molar-refractivity contribution is 5.89. The van der Waals surface area contributed by atoms with Crippen molar-refractivity contribution in [3.8, 4) is 34.1 Å². The van der Waals surface area contributed by atoms with Gasteiger partial charge in [0, 0.05) is 142 Å². The van der Waals surface area contributed by atoms with Crippen molar-refractivity contribution in [1.29, 1.82) is 0 Å². The lowest BCUT2D eigenvalue weighted by Gasteiger charge is -2.28. The number of ether oxygens (including phenoxy) is 3. The molecular weight excluding hydrogens is 1540 g/mol. The van der Waals surface area contributed by atoms with Gasteiger partial charge in [-0.2, -0.15) is 15.3 Å². The van der Waals surface area contributed by atoms with Gasteiger partial charge in [-0.25, -0.2) is 8.78 Å². The van der Waals surface area contributed by atoms with Crippen LogP contribution in [0.4, 0.5) is 50.4 Å². The molecule has 0 spiro atoms. The van der Waals surface area contributed by atoms with Gasteiger partial charge in [0.05, 0.1) is 43.1 Å². The predicted octanol–water partition coefficient (Wildman–Crippen LogP) is 24.1. The van der Waals surface area contributed by atoms with Crippen molar-refractivity contribution < 1.29 is 45.6 Å². The minimum atomic E-state index is -4.73. The number of nitrogens with one attached hydrogen (secondary N) is 3. The Morgan fingerprint density at radius 3 is 1.50 bits per heavy atom. The number of hydrogen-bond donors (Lipinski definition) is 3. The average Bonchev–Trinajstić information content (AvgIpc) is 1.36. The molecule has 17 nitrogen and oxygen atoms in total. The van der Waals surface area contributed by atoms with Crippen molar-refractivity contribution in [1.82, 2.24) is 29.6 Å². The number of aryl methyl sites for hydroxylation is 4. The van der Waals surface area contributed by atoms with Gasteiger partial charge in [-0.15, -0.1) is 17.9 Å². The van der Waals surface area contributed by atoms with Crippen molar-refractivity contribution in [3.63, 3.8) is 0 Å². The van der Waals surface area contributed by atoms with E-state index in [4.69, 9.17) is 9.47 Å². The maximum absolute atomic E-state index is 13.1. The summed E-state index contributed by atoms with van der Waals surface area (Å²) in [4.78, 5) is 31.4. The number of rotatable bonds is 18. The van der Waals surface area contributed by atoms with Gasteiger partial charge in [0.1, 0.15) is 28.9 Å². The molecule has 0 bridgehead atoms. The first-order valence-corrected chi connectivity index (χ1v) is 40.2. The summed E-state index contributed by atoms with van der Waals surface area (Å²) >= 11 is 0. The van der Waals surface area contributed by atoms with E-state index in [9.17, 15) is 31.5 Å². The van der Waals surface area contributed by atoms with Gasteiger partial charge in [-0.3, -0.25) is 23.9 Å². The molecule has 0 atom stereocenters. The fourth-order valence-electron chi connectivity index (χ4n) is 12.4. The second kappa shape index (κ2) is 44.5. The number of pyridine rings is 1. The molecule has 0 radical (unpaired) electrons. The number of para-hydroxylation sites is 1. The maximum atomic E-state index is 13.1. The number of unbranched alkanes of at least 4 members (excludes halogenated alkanes) is 2. The van der Waals surface area contributed by atoms with Gasteiger partial charge in [0.25, 0.3) is 5.56 Å². The molecule has 0 saturated carbocycles. The summed E-state index contributed by atoms with van der Waals surface area (Å²) in [7, 11) is 3.91. The minimum Gasteiger partial charge on any atom is -0.494 e. The van der Waals surface area contributed by atoms with Crippen LogP contribution in [0.2, 0.25) is 0 Å². The number of benzene rings is 7. The number of aromatic amines is 2. The molecule has 0 saturated heterocycles. The van der Waals surface area contributed by atoms with Crippen molar-refractivity contribution in [2.24, 2.45) is 14.1 Å². The van der Waals surface area contributed by atoms with Crippen LogP contribution in [0.15, 0.2) is 346 Å². The molecule has 7 aromatic carbocycles. The summed E-state index contributed by atoms with van der Waals surface area (Å²) in [5.74, 6) is 0.677. The molecular formula is C100H106F5N12O5+. The molecule has 15 rings (SSSR count). The van der Waals surface area contributed by atoms with Gasteiger partial charge >= 0.3 is 6.36 Å².